The summed E-state index contributed by atoms with van der Waals surface area (Å²) in [6.45, 7) is 0.300. The first-order valence-electron chi connectivity index (χ1n) is 5.36. The van der Waals surface area contributed by atoms with Crippen LogP contribution in [0.2, 0.25) is 0 Å². The van der Waals surface area contributed by atoms with Crippen molar-refractivity contribution >= 4 is 11.8 Å². The molecule has 0 aliphatic heterocycles. The molecule has 0 heterocycles. The zero-order valence-electron chi connectivity index (χ0n) is 9.85. The van der Waals surface area contributed by atoms with Gasteiger partial charge in [0.25, 0.3) is 0 Å². The van der Waals surface area contributed by atoms with E-state index >= 15 is 0 Å². The summed E-state index contributed by atoms with van der Waals surface area (Å²) < 4.78 is 0. The van der Waals surface area contributed by atoms with Gasteiger partial charge >= 0.3 is 0 Å². The summed E-state index contributed by atoms with van der Waals surface area (Å²) in [7, 11) is 1.54. The number of nitrogens with zero attached hydrogens (tertiary/aromatic N) is 3. The zero-order chi connectivity index (χ0) is 13.1. The first-order valence-corrected chi connectivity index (χ1v) is 5.36. The largest absolute Gasteiger partial charge is 0.358 e. The van der Waals surface area contributed by atoms with Crippen molar-refractivity contribution in [1.82, 2.24) is 10.6 Å². The number of rotatable bonds is 8. The van der Waals surface area contributed by atoms with Gasteiger partial charge in [0.2, 0.25) is 11.8 Å². The molecule has 0 radical (unpaired) electrons. The summed E-state index contributed by atoms with van der Waals surface area (Å²) in [4.78, 5) is 24.5. The van der Waals surface area contributed by atoms with Gasteiger partial charge in [0, 0.05) is 18.5 Å². The smallest absolute Gasteiger partial charge is 0.236 e. The fourth-order valence-corrected chi connectivity index (χ4v) is 1.19. The van der Waals surface area contributed by atoms with Crippen LogP contribution in [0.1, 0.15) is 19.3 Å². The van der Waals surface area contributed by atoms with Crippen LogP contribution >= 0.6 is 0 Å². The van der Waals surface area contributed by atoms with E-state index in [1.54, 1.807) is 0 Å². The third kappa shape index (κ3) is 8.06. The second-order valence-corrected chi connectivity index (χ2v) is 3.46. The standard InChI is InChI=1S/C9H18N6O2/c1-12-9(17)7(10)4-2-3-5-13-8(16)6-14-15-11/h7H,2-6,10H2,1H3,(H,12,17)(H,13,16)/t7-/m0/s1. The van der Waals surface area contributed by atoms with E-state index in [0.717, 1.165) is 12.8 Å². The molecule has 0 saturated heterocycles. The van der Waals surface area contributed by atoms with Crippen LogP contribution in [0.25, 0.3) is 10.4 Å². The van der Waals surface area contributed by atoms with Gasteiger partial charge in [-0.05, 0) is 24.8 Å². The number of hydrogen-bond acceptors (Lipinski definition) is 4. The summed E-state index contributed by atoms with van der Waals surface area (Å²) in [5.41, 5.74) is 13.6. The van der Waals surface area contributed by atoms with Gasteiger partial charge in [0.05, 0.1) is 6.04 Å². The Morgan fingerprint density at radius 3 is 2.76 bits per heavy atom. The normalized spacial score (nSPS) is 11.2. The molecule has 2 amide bonds. The molecule has 96 valence electrons. The predicted molar refractivity (Wildman–Crippen MR) is 62.9 cm³/mol. The third-order valence-electron chi connectivity index (χ3n) is 2.12. The van der Waals surface area contributed by atoms with Crippen LogP contribution in [0.3, 0.4) is 0 Å². The van der Waals surface area contributed by atoms with Crippen molar-refractivity contribution in [3.63, 3.8) is 0 Å². The molecule has 0 bridgehead atoms. The highest BCUT2D eigenvalue weighted by Gasteiger charge is 2.10. The van der Waals surface area contributed by atoms with E-state index in [9.17, 15) is 9.59 Å². The molecule has 0 aromatic rings. The highest BCUT2D eigenvalue weighted by molar-refractivity contribution is 5.81. The second kappa shape index (κ2) is 9.44. The van der Waals surface area contributed by atoms with Crippen LogP contribution in [-0.2, 0) is 9.59 Å². The van der Waals surface area contributed by atoms with Crippen molar-refractivity contribution in [2.75, 3.05) is 20.1 Å². The SMILES string of the molecule is CNC(=O)[C@@H](N)CCCCNC(=O)CN=[N+]=[N-]. The number of unbranched alkanes of at least 4 members (excludes halogenated alkanes) is 1. The number of nitrogens with one attached hydrogen (secondary N) is 2. The number of hydrogen-bond donors (Lipinski definition) is 3. The maximum atomic E-state index is 11.0. The first kappa shape index (κ1) is 15.2. The Morgan fingerprint density at radius 2 is 2.18 bits per heavy atom. The van der Waals surface area contributed by atoms with E-state index < -0.39 is 6.04 Å². The number of carbonyl (C=O) groups excluding carboxylic acids is 2. The molecular formula is C9H18N6O2. The van der Waals surface area contributed by atoms with Gasteiger partial charge in [-0.25, -0.2) is 0 Å². The van der Waals surface area contributed by atoms with Crippen LogP contribution in [0.15, 0.2) is 5.11 Å². The lowest BCUT2D eigenvalue weighted by atomic mass is 10.1. The Balaban J connectivity index is 3.49. The zero-order valence-corrected chi connectivity index (χ0v) is 9.85. The third-order valence-corrected chi connectivity index (χ3v) is 2.12. The van der Waals surface area contributed by atoms with Crippen LogP contribution in [0, 0.1) is 0 Å². The first-order chi connectivity index (χ1) is 8.11. The number of azide groups is 1. The minimum Gasteiger partial charge on any atom is -0.358 e. The van der Waals surface area contributed by atoms with Crippen molar-refractivity contribution < 1.29 is 9.59 Å². The molecule has 8 nitrogen and oxygen atoms in total. The predicted octanol–water partition coefficient (Wildman–Crippen LogP) is -0.344. The molecule has 0 unspecified atom stereocenters. The van der Waals surface area contributed by atoms with E-state index in [-0.39, 0.29) is 18.4 Å². The lowest BCUT2D eigenvalue weighted by Crippen LogP contribution is -2.38. The van der Waals surface area contributed by atoms with Crippen LogP contribution in [0.4, 0.5) is 0 Å². The van der Waals surface area contributed by atoms with E-state index in [1.807, 2.05) is 0 Å². The maximum absolute atomic E-state index is 11.0. The number of amides is 2. The van der Waals surface area contributed by atoms with E-state index in [1.165, 1.54) is 7.05 Å². The van der Waals surface area contributed by atoms with Crippen molar-refractivity contribution in [2.45, 2.75) is 25.3 Å². The fraction of sp³-hybridized carbons (Fsp3) is 0.778. The molecule has 0 rings (SSSR count). The second-order valence-electron chi connectivity index (χ2n) is 3.46. The quantitative estimate of drug-likeness (QED) is 0.232. The van der Waals surface area contributed by atoms with E-state index in [2.05, 4.69) is 20.7 Å². The Hall–Kier alpha value is -1.79. The fourth-order valence-electron chi connectivity index (χ4n) is 1.19. The minimum atomic E-state index is -0.501. The molecule has 0 spiro atoms. The van der Waals surface area contributed by atoms with E-state index in [0.29, 0.717) is 13.0 Å². The monoisotopic (exact) mass is 242 g/mol. The van der Waals surface area contributed by atoms with Crippen LogP contribution in [-0.4, -0.2) is 38.0 Å². The Bertz CT molecular complexity index is 300. The Morgan fingerprint density at radius 1 is 1.47 bits per heavy atom. The molecule has 0 fully saturated rings. The molecule has 0 aromatic carbocycles. The highest BCUT2D eigenvalue weighted by atomic mass is 16.2. The van der Waals surface area contributed by atoms with Crippen molar-refractivity contribution in [2.24, 2.45) is 10.8 Å². The van der Waals surface area contributed by atoms with Crippen molar-refractivity contribution in [3.8, 4) is 0 Å². The summed E-state index contributed by atoms with van der Waals surface area (Å²) in [5.74, 6) is -0.490. The average molecular weight is 242 g/mol. The molecule has 0 aliphatic carbocycles. The molecule has 4 N–H and O–H groups in total. The van der Waals surface area contributed by atoms with Crippen molar-refractivity contribution in [1.29, 1.82) is 0 Å². The summed E-state index contributed by atoms with van der Waals surface area (Å²) >= 11 is 0. The lowest BCUT2D eigenvalue weighted by Gasteiger charge is -2.09. The topological polar surface area (TPSA) is 133 Å². The molecular weight excluding hydrogens is 224 g/mol. The molecule has 17 heavy (non-hydrogen) atoms. The van der Waals surface area contributed by atoms with Gasteiger partial charge in [0.15, 0.2) is 0 Å². The molecule has 0 saturated carbocycles. The minimum absolute atomic E-state index is 0.183. The van der Waals surface area contributed by atoms with Gasteiger partial charge in [-0.3, -0.25) is 9.59 Å². The molecule has 0 aliphatic rings. The number of nitrogens with two attached hydrogens (primary N) is 1. The van der Waals surface area contributed by atoms with Crippen molar-refractivity contribution in [3.05, 3.63) is 10.4 Å². The number of carbonyl (C=O) groups is 2. The molecule has 0 aromatic heterocycles. The van der Waals surface area contributed by atoms with E-state index in [4.69, 9.17) is 11.3 Å². The van der Waals surface area contributed by atoms with Gasteiger partial charge in [-0.2, -0.15) is 0 Å². The summed E-state index contributed by atoms with van der Waals surface area (Å²) in [5, 5.41) is 8.18. The lowest BCUT2D eigenvalue weighted by molar-refractivity contribution is -0.122. The van der Waals surface area contributed by atoms with Gasteiger partial charge < -0.3 is 16.4 Å². The van der Waals surface area contributed by atoms with Gasteiger partial charge in [0.1, 0.15) is 6.54 Å². The molecule has 8 heteroatoms. The maximum Gasteiger partial charge on any atom is 0.236 e. The molecule has 1 atom stereocenters. The Kier molecular flexibility index (Phi) is 8.44. The Labute approximate surface area is 99.6 Å². The summed E-state index contributed by atoms with van der Waals surface area (Å²) in [6, 6.07) is -0.501. The van der Waals surface area contributed by atoms with Gasteiger partial charge in [-0.15, -0.1) is 0 Å². The van der Waals surface area contributed by atoms with Gasteiger partial charge in [-0.1, -0.05) is 5.11 Å². The number of likely N-dealkylation sites (N-methyl/N-ethyl adjacent to an activating group) is 1. The summed E-state index contributed by atoms with van der Waals surface area (Å²) in [6.07, 6.45) is 2.05. The van der Waals surface area contributed by atoms with Crippen LogP contribution in [0.5, 0.6) is 0 Å². The average Bonchev–Trinajstić information content (AvgIpc) is 2.34. The van der Waals surface area contributed by atoms with Crippen LogP contribution < -0.4 is 16.4 Å². The highest BCUT2D eigenvalue weighted by Crippen LogP contribution is 1.98.